The predicted octanol–water partition coefficient (Wildman–Crippen LogP) is 6.61. The van der Waals surface area contributed by atoms with Gasteiger partial charge in [-0.25, -0.2) is 4.79 Å². The number of benzene rings is 4. The number of rotatable bonds is 7. The summed E-state index contributed by atoms with van der Waals surface area (Å²) < 4.78 is 6.59. The van der Waals surface area contributed by atoms with Gasteiger partial charge in [-0.15, -0.1) is 0 Å². The van der Waals surface area contributed by atoms with Crippen LogP contribution in [0.3, 0.4) is 0 Å². The van der Waals surface area contributed by atoms with E-state index >= 15 is 0 Å². The molecule has 182 valence electrons. The number of nitrogens with one attached hydrogen (secondary N) is 2. The number of para-hydroxylation sites is 2. The fraction of sp³-hybridized carbons (Fsp3) is 0.0714. The average Bonchev–Trinajstić information content (AvgIpc) is 2.86. The van der Waals surface area contributed by atoms with Crippen LogP contribution in [-0.2, 0) is 9.53 Å². The number of anilines is 3. The number of amides is 2. The number of nitrogen functional groups attached to an aromatic ring is 1. The van der Waals surface area contributed by atoms with Crippen LogP contribution in [0.1, 0.15) is 18.1 Å². The third-order valence-corrected chi connectivity index (χ3v) is 6.12. The Morgan fingerprint density at radius 3 is 2.50 bits per heavy atom. The molecule has 36 heavy (non-hydrogen) atoms. The largest absolute Gasteiger partial charge is 0.508 e. The number of hydrogen-bond acceptors (Lipinski definition) is 5. The van der Waals surface area contributed by atoms with Crippen LogP contribution in [0.25, 0.3) is 10.8 Å². The summed E-state index contributed by atoms with van der Waals surface area (Å²) in [6.07, 6.45) is 1.58. The summed E-state index contributed by atoms with van der Waals surface area (Å²) in [7, 11) is 0. The molecule has 0 saturated heterocycles. The number of nitrogens with two attached hydrogens (primary N) is 1. The standard InChI is InChI=1S/C28H24IN3O4/c29-19-15-16-25(33)21(17-19)26(13-6-14-27(34)31-24-11-4-3-10-22(24)30)36-28(35)32-23-12-5-8-18-7-1-2-9-20(18)23/h1-12,14-17,26,33H,13,30H2,(H,31,34)(H,32,35)/b14-6+/t26-/m1/s1. The average molecular weight is 593 g/mol. The molecule has 4 aromatic rings. The molecule has 0 unspecified atom stereocenters. The first kappa shape index (κ1) is 25.1. The van der Waals surface area contributed by atoms with Crippen molar-refractivity contribution in [2.75, 3.05) is 16.4 Å². The zero-order valence-corrected chi connectivity index (χ0v) is 21.3. The van der Waals surface area contributed by atoms with E-state index in [4.69, 9.17) is 10.5 Å². The van der Waals surface area contributed by atoms with Crippen LogP contribution in [0.15, 0.2) is 97.1 Å². The number of carbonyl (C=O) groups is 2. The van der Waals surface area contributed by atoms with Gasteiger partial charge in [0.2, 0.25) is 5.91 Å². The van der Waals surface area contributed by atoms with Crippen molar-refractivity contribution in [3.8, 4) is 5.75 Å². The highest BCUT2D eigenvalue weighted by molar-refractivity contribution is 14.1. The van der Waals surface area contributed by atoms with E-state index < -0.39 is 12.2 Å². The summed E-state index contributed by atoms with van der Waals surface area (Å²) in [6.45, 7) is 0. The molecule has 4 aromatic carbocycles. The third-order valence-electron chi connectivity index (χ3n) is 5.45. The van der Waals surface area contributed by atoms with Crippen molar-refractivity contribution in [2.24, 2.45) is 0 Å². The van der Waals surface area contributed by atoms with E-state index in [0.29, 0.717) is 22.6 Å². The Kier molecular flexibility index (Phi) is 8.06. The summed E-state index contributed by atoms with van der Waals surface area (Å²) in [4.78, 5) is 25.2. The van der Waals surface area contributed by atoms with E-state index in [1.807, 2.05) is 36.4 Å². The van der Waals surface area contributed by atoms with Crippen molar-refractivity contribution in [1.29, 1.82) is 0 Å². The van der Waals surface area contributed by atoms with Gasteiger partial charge in [-0.2, -0.15) is 0 Å². The first-order chi connectivity index (χ1) is 17.4. The topological polar surface area (TPSA) is 114 Å². The summed E-state index contributed by atoms with van der Waals surface area (Å²) in [5.74, 6) is -0.382. The second-order valence-corrected chi connectivity index (χ2v) is 9.21. The number of phenols is 1. The van der Waals surface area contributed by atoms with Gasteiger partial charge in [-0.1, -0.05) is 54.6 Å². The van der Waals surface area contributed by atoms with Gasteiger partial charge in [0.15, 0.2) is 0 Å². The number of halogens is 1. The maximum Gasteiger partial charge on any atom is 0.412 e. The fourth-order valence-corrected chi connectivity index (χ4v) is 4.22. The van der Waals surface area contributed by atoms with Crippen molar-refractivity contribution in [2.45, 2.75) is 12.5 Å². The lowest BCUT2D eigenvalue weighted by molar-refractivity contribution is -0.111. The number of ether oxygens (including phenoxy) is 1. The quantitative estimate of drug-likeness (QED) is 0.110. The molecular formula is C28H24IN3O4. The van der Waals surface area contributed by atoms with Crippen molar-refractivity contribution < 1.29 is 19.4 Å². The van der Waals surface area contributed by atoms with E-state index in [0.717, 1.165) is 14.3 Å². The maximum absolute atomic E-state index is 12.9. The molecule has 7 nitrogen and oxygen atoms in total. The summed E-state index contributed by atoms with van der Waals surface area (Å²) in [6, 6.07) is 25.3. The summed E-state index contributed by atoms with van der Waals surface area (Å²) in [5.41, 5.74) is 7.88. The van der Waals surface area contributed by atoms with Crippen LogP contribution < -0.4 is 16.4 Å². The Balaban J connectivity index is 1.50. The molecule has 0 aliphatic heterocycles. The second kappa shape index (κ2) is 11.6. The van der Waals surface area contributed by atoms with Gasteiger partial charge in [-0.3, -0.25) is 10.1 Å². The Labute approximate surface area is 222 Å². The highest BCUT2D eigenvalue weighted by Crippen LogP contribution is 2.32. The molecule has 0 aliphatic rings. The second-order valence-electron chi connectivity index (χ2n) is 7.96. The lowest BCUT2D eigenvalue weighted by Crippen LogP contribution is -2.18. The molecule has 0 fully saturated rings. The minimum atomic E-state index is -0.833. The number of fused-ring (bicyclic) bond motifs is 1. The minimum absolute atomic E-state index is 0.00622. The lowest BCUT2D eigenvalue weighted by atomic mass is 10.0. The van der Waals surface area contributed by atoms with Crippen LogP contribution in [0, 0.1) is 3.57 Å². The van der Waals surface area contributed by atoms with Gasteiger partial charge < -0.3 is 20.9 Å². The predicted molar refractivity (Wildman–Crippen MR) is 151 cm³/mol. The molecule has 0 bridgehead atoms. The number of carbonyl (C=O) groups excluding carboxylic acids is 2. The smallest absolute Gasteiger partial charge is 0.412 e. The summed E-state index contributed by atoms with van der Waals surface area (Å²) in [5, 5.41) is 17.8. The van der Waals surface area contributed by atoms with Crippen LogP contribution in [-0.4, -0.2) is 17.1 Å². The zero-order chi connectivity index (χ0) is 25.5. The molecule has 0 saturated carbocycles. The molecule has 0 aliphatic carbocycles. The van der Waals surface area contributed by atoms with Crippen molar-refractivity contribution in [3.63, 3.8) is 0 Å². The highest BCUT2D eigenvalue weighted by atomic mass is 127. The Hall–Kier alpha value is -4.05. The van der Waals surface area contributed by atoms with Crippen molar-refractivity contribution >= 4 is 62.4 Å². The molecule has 5 N–H and O–H groups in total. The van der Waals surface area contributed by atoms with Gasteiger partial charge in [0.1, 0.15) is 11.9 Å². The van der Waals surface area contributed by atoms with Crippen LogP contribution in [0.4, 0.5) is 21.9 Å². The molecule has 0 radical (unpaired) electrons. The Morgan fingerprint density at radius 2 is 1.67 bits per heavy atom. The monoisotopic (exact) mass is 593 g/mol. The highest BCUT2D eigenvalue weighted by Gasteiger charge is 2.20. The van der Waals surface area contributed by atoms with Crippen molar-refractivity contribution in [3.05, 3.63) is 106 Å². The van der Waals surface area contributed by atoms with Gasteiger partial charge in [0.05, 0.1) is 17.1 Å². The molecule has 0 heterocycles. The Bertz CT molecular complexity index is 1430. The SMILES string of the molecule is Nc1ccccc1NC(=O)/C=C/C[C@@H](OC(=O)Nc1cccc2ccccc12)c1cc(I)ccc1O. The number of phenolic OH excluding ortho intramolecular Hbond substituents is 1. The number of aromatic hydroxyl groups is 1. The van der Waals surface area contributed by atoms with Gasteiger partial charge in [0.25, 0.3) is 0 Å². The Morgan fingerprint density at radius 1 is 0.944 bits per heavy atom. The third kappa shape index (κ3) is 6.33. The van der Waals surface area contributed by atoms with E-state index in [-0.39, 0.29) is 18.1 Å². The van der Waals surface area contributed by atoms with E-state index in [2.05, 4.69) is 33.2 Å². The van der Waals surface area contributed by atoms with E-state index in [1.54, 1.807) is 54.6 Å². The molecule has 0 spiro atoms. The molecule has 2 amide bonds. The van der Waals surface area contributed by atoms with Crippen LogP contribution in [0.2, 0.25) is 0 Å². The summed E-state index contributed by atoms with van der Waals surface area (Å²) >= 11 is 2.12. The van der Waals surface area contributed by atoms with Crippen molar-refractivity contribution in [1.82, 2.24) is 0 Å². The molecule has 4 rings (SSSR count). The van der Waals surface area contributed by atoms with Crippen LogP contribution >= 0.6 is 22.6 Å². The normalized spacial score (nSPS) is 11.8. The lowest BCUT2D eigenvalue weighted by Gasteiger charge is -2.19. The van der Waals surface area contributed by atoms with Gasteiger partial charge in [-0.05, 0) is 70.5 Å². The zero-order valence-electron chi connectivity index (χ0n) is 19.1. The van der Waals surface area contributed by atoms with Gasteiger partial charge >= 0.3 is 6.09 Å². The molecular weight excluding hydrogens is 569 g/mol. The molecule has 8 heteroatoms. The maximum atomic E-state index is 12.9. The molecule has 0 aromatic heterocycles. The first-order valence-electron chi connectivity index (χ1n) is 11.2. The van der Waals surface area contributed by atoms with E-state index in [9.17, 15) is 14.7 Å². The molecule has 1 atom stereocenters. The number of hydrogen-bond donors (Lipinski definition) is 4. The van der Waals surface area contributed by atoms with Gasteiger partial charge in [0, 0.05) is 20.9 Å². The minimum Gasteiger partial charge on any atom is -0.508 e. The fourth-order valence-electron chi connectivity index (χ4n) is 3.71. The van der Waals surface area contributed by atoms with Crippen LogP contribution in [0.5, 0.6) is 5.75 Å². The first-order valence-corrected chi connectivity index (χ1v) is 12.2. The van der Waals surface area contributed by atoms with E-state index in [1.165, 1.54) is 6.08 Å².